The Morgan fingerprint density at radius 2 is 1.81 bits per heavy atom. The van der Waals surface area contributed by atoms with E-state index in [0.717, 1.165) is 16.8 Å². The van der Waals surface area contributed by atoms with Gasteiger partial charge in [0.25, 0.3) is 11.5 Å². The van der Waals surface area contributed by atoms with Crippen LogP contribution in [0.5, 0.6) is 0 Å². The molecular formula is C28H25N3O4S. The van der Waals surface area contributed by atoms with Crippen LogP contribution in [0.4, 0.5) is 5.69 Å². The van der Waals surface area contributed by atoms with Crippen LogP contribution >= 0.6 is 11.3 Å². The quantitative estimate of drug-likeness (QED) is 0.505. The molecule has 0 bridgehead atoms. The van der Waals surface area contributed by atoms with E-state index in [-0.39, 0.29) is 18.1 Å². The number of rotatable bonds is 5. The van der Waals surface area contributed by atoms with E-state index in [1.807, 2.05) is 73.7 Å². The molecule has 1 amide bonds. The number of carbonyl (C=O) groups is 2. The van der Waals surface area contributed by atoms with Crippen LogP contribution in [0.2, 0.25) is 0 Å². The Bertz CT molecular complexity index is 1610. The van der Waals surface area contributed by atoms with Gasteiger partial charge < -0.3 is 9.64 Å². The number of amides is 1. The van der Waals surface area contributed by atoms with Gasteiger partial charge in [-0.25, -0.2) is 9.79 Å². The van der Waals surface area contributed by atoms with Gasteiger partial charge in [-0.2, -0.15) is 0 Å². The molecule has 0 spiro atoms. The molecule has 0 N–H and O–H groups in total. The normalized spacial score (nSPS) is 18.4. The Hall–Kier alpha value is -4.04. The van der Waals surface area contributed by atoms with Crippen LogP contribution in [-0.2, 0) is 14.3 Å². The first-order valence-corrected chi connectivity index (χ1v) is 12.6. The summed E-state index contributed by atoms with van der Waals surface area (Å²) in [6, 6.07) is 16.4. The number of hydrogen-bond acceptors (Lipinski definition) is 6. The lowest BCUT2D eigenvalue weighted by Crippen LogP contribution is -2.40. The van der Waals surface area contributed by atoms with Crippen molar-refractivity contribution >= 4 is 40.5 Å². The number of allylic oxidation sites excluding steroid dienone is 2. The number of nitrogens with zero attached hydrogens (tertiary/aromatic N) is 3. The fraction of sp³-hybridized carbons (Fsp3) is 0.214. The molecule has 0 saturated heterocycles. The number of likely N-dealkylation sites (N-methyl/N-ethyl adjacent to an activating group) is 1. The van der Waals surface area contributed by atoms with Gasteiger partial charge in [0.2, 0.25) is 0 Å². The Morgan fingerprint density at radius 1 is 1.08 bits per heavy atom. The second kappa shape index (κ2) is 9.54. The van der Waals surface area contributed by atoms with Crippen molar-refractivity contribution in [2.24, 2.45) is 4.99 Å². The van der Waals surface area contributed by atoms with Crippen molar-refractivity contribution < 1.29 is 14.3 Å². The zero-order valence-corrected chi connectivity index (χ0v) is 21.0. The van der Waals surface area contributed by atoms with Gasteiger partial charge in [0.15, 0.2) is 4.80 Å². The van der Waals surface area contributed by atoms with Crippen molar-refractivity contribution in [2.75, 3.05) is 18.1 Å². The number of thiazole rings is 1. The number of ether oxygens (including phenoxy) is 1. The minimum atomic E-state index is -0.719. The van der Waals surface area contributed by atoms with E-state index >= 15 is 0 Å². The number of para-hydroxylation sites is 1. The van der Waals surface area contributed by atoms with E-state index in [1.165, 1.54) is 15.9 Å². The van der Waals surface area contributed by atoms with Gasteiger partial charge in [0, 0.05) is 12.1 Å². The van der Waals surface area contributed by atoms with E-state index in [2.05, 4.69) is 4.99 Å². The highest BCUT2D eigenvalue weighted by Gasteiger charge is 2.35. The van der Waals surface area contributed by atoms with Crippen molar-refractivity contribution in [3.8, 4) is 0 Å². The number of benzene rings is 2. The van der Waals surface area contributed by atoms with Crippen LogP contribution in [0.25, 0.3) is 11.6 Å². The van der Waals surface area contributed by atoms with Crippen molar-refractivity contribution in [3.63, 3.8) is 0 Å². The highest BCUT2D eigenvalue weighted by atomic mass is 32.1. The fourth-order valence-electron chi connectivity index (χ4n) is 4.65. The maximum Gasteiger partial charge on any atom is 0.338 e. The molecular weight excluding hydrogens is 474 g/mol. The zero-order chi connectivity index (χ0) is 25.4. The van der Waals surface area contributed by atoms with Crippen molar-refractivity contribution in [1.82, 2.24) is 4.57 Å². The Kier molecular flexibility index (Phi) is 6.28. The topological polar surface area (TPSA) is 81.0 Å². The monoisotopic (exact) mass is 499 g/mol. The molecule has 2 aliphatic heterocycles. The van der Waals surface area contributed by atoms with Crippen LogP contribution in [0.1, 0.15) is 37.9 Å². The Morgan fingerprint density at radius 3 is 2.53 bits per heavy atom. The van der Waals surface area contributed by atoms with Crippen molar-refractivity contribution in [2.45, 2.75) is 26.8 Å². The fourth-order valence-corrected chi connectivity index (χ4v) is 5.79. The molecule has 0 radical (unpaired) electrons. The van der Waals surface area contributed by atoms with Gasteiger partial charge in [-0.15, -0.1) is 0 Å². The zero-order valence-electron chi connectivity index (χ0n) is 20.2. The number of esters is 1. The second-order valence-corrected chi connectivity index (χ2v) is 9.35. The van der Waals surface area contributed by atoms with Gasteiger partial charge in [0.05, 0.1) is 35.2 Å². The summed E-state index contributed by atoms with van der Waals surface area (Å²) in [5, 5.41) is 0. The molecule has 36 heavy (non-hydrogen) atoms. The van der Waals surface area contributed by atoms with Gasteiger partial charge in [0.1, 0.15) is 4.53 Å². The SMILES string of the molecule is CCOC(=O)C1=C(C)N=c2s/c(=C3\C(=O)N(CC)c4ccccc43)c(=O)n2[C@H]1/C=C/c1ccccc1. The van der Waals surface area contributed by atoms with Gasteiger partial charge in [-0.1, -0.05) is 72.0 Å². The average molecular weight is 500 g/mol. The summed E-state index contributed by atoms with van der Waals surface area (Å²) in [7, 11) is 0. The Labute approximate surface area is 212 Å². The van der Waals surface area contributed by atoms with E-state index in [9.17, 15) is 14.4 Å². The summed E-state index contributed by atoms with van der Waals surface area (Å²) in [5.41, 5.74) is 3.26. The lowest BCUT2D eigenvalue weighted by Gasteiger charge is -2.21. The molecule has 8 heteroatoms. The number of hydrogen-bond donors (Lipinski definition) is 0. The third-order valence-electron chi connectivity index (χ3n) is 6.27. The lowest BCUT2D eigenvalue weighted by atomic mass is 10.0. The average Bonchev–Trinajstić information content (AvgIpc) is 3.34. The van der Waals surface area contributed by atoms with Crippen LogP contribution in [0.3, 0.4) is 0 Å². The smallest absolute Gasteiger partial charge is 0.338 e. The van der Waals surface area contributed by atoms with Gasteiger partial charge in [-0.05, 0) is 32.4 Å². The molecule has 0 fully saturated rings. The maximum absolute atomic E-state index is 13.9. The first-order valence-electron chi connectivity index (χ1n) is 11.8. The molecule has 0 aliphatic carbocycles. The van der Waals surface area contributed by atoms with E-state index < -0.39 is 12.0 Å². The van der Waals surface area contributed by atoms with E-state index in [1.54, 1.807) is 18.7 Å². The standard InChI is InChI=1S/C28H25N3O4S/c1-4-30-20-14-10-9-13-19(20)23(25(30)32)24-26(33)31-21(16-15-18-11-7-6-8-12-18)22(27(34)35-5-2)17(3)29-28(31)36-24/h6-16,21H,4-5H2,1-3H3/b16-15+,24-23-/t21-/m0/s1. The summed E-state index contributed by atoms with van der Waals surface area (Å²) in [4.78, 5) is 47.0. The minimum Gasteiger partial charge on any atom is -0.463 e. The third kappa shape index (κ3) is 3.83. The second-order valence-electron chi connectivity index (χ2n) is 8.38. The predicted octanol–water partition coefficient (Wildman–Crippen LogP) is 3.20. The number of anilines is 1. The van der Waals surface area contributed by atoms with Gasteiger partial charge in [-0.3, -0.25) is 14.2 Å². The van der Waals surface area contributed by atoms with Crippen LogP contribution < -0.4 is 19.8 Å². The van der Waals surface area contributed by atoms with Crippen LogP contribution in [0, 0.1) is 0 Å². The molecule has 7 nitrogen and oxygen atoms in total. The number of fused-ring (bicyclic) bond motifs is 2. The highest BCUT2D eigenvalue weighted by molar-refractivity contribution is 7.07. The number of aromatic nitrogens is 1. The first kappa shape index (κ1) is 23.7. The minimum absolute atomic E-state index is 0.206. The first-order chi connectivity index (χ1) is 17.5. The largest absolute Gasteiger partial charge is 0.463 e. The maximum atomic E-state index is 13.9. The highest BCUT2D eigenvalue weighted by Crippen LogP contribution is 2.35. The Balaban J connectivity index is 1.76. The number of carbonyl (C=O) groups excluding carboxylic acids is 2. The molecule has 182 valence electrons. The third-order valence-corrected chi connectivity index (χ3v) is 7.33. The van der Waals surface area contributed by atoms with Crippen molar-refractivity contribution in [1.29, 1.82) is 0 Å². The summed E-state index contributed by atoms with van der Waals surface area (Å²) in [6.45, 7) is 6.08. The molecule has 2 aromatic carbocycles. The molecule has 3 aromatic rings. The summed E-state index contributed by atoms with van der Waals surface area (Å²) in [6.07, 6.45) is 3.69. The summed E-state index contributed by atoms with van der Waals surface area (Å²) in [5.74, 6) is -0.722. The molecule has 5 rings (SSSR count). The predicted molar refractivity (Wildman–Crippen MR) is 140 cm³/mol. The lowest BCUT2D eigenvalue weighted by molar-refractivity contribution is -0.139. The van der Waals surface area contributed by atoms with Crippen LogP contribution in [0.15, 0.2) is 81.7 Å². The van der Waals surface area contributed by atoms with Gasteiger partial charge >= 0.3 is 5.97 Å². The molecule has 0 unspecified atom stereocenters. The summed E-state index contributed by atoms with van der Waals surface area (Å²) < 4.78 is 7.13. The molecule has 3 heterocycles. The van der Waals surface area contributed by atoms with Crippen LogP contribution in [-0.4, -0.2) is 29.6 Å². The summed E-state index contributed by atoms with van der Waals surface area (Å²) >= 11 is 1.17. The van der Waals surface area contributed by atoms with E-state index in [0.29, 0.717) is 32.7 Å². The molecule has 1 aromatic heterocycles. The van der Waals surface area contributed by atoms with Crippen molar-refractivity contribution in [3.05, 3.63) is 103 Å². The van der Waals surface area contributed by atoms with E-state index in [4.69, 9.17) is 4.74 Å². The molecule has 1 atom stereocenters. The molecule has 2 aliphatic rings. The molecule has 0 saturated carbocycles.